The minimum absolute atomic E-state index is 0.0178. The Labute approximate surface area is 158 Å². The predicted molar refractivity (Wildman–Crippen MR) is 95.6 cm³/mol. The molecule has 0 heterocycles. The van der Waals surface area contributed by atoms with Crippen molar-refractivity contribution < 1.29 is 33.4 Å². The summed E-state index contributed by atoms with van der Waals surface area (Å²) in [6.07, 6.45) is 0. The number of ether oxygens (including phenoxy) is 3. The third-order valence-electron chi connectivity index (χ3n) is 3.66. The Balaban J connectivity index is 3.74. The quantitative estimate of drug-likeness (QED) is 0.392. The van der Waals surface area contributed by atoms with Gasteiger partial charge in [-0.2, -0.15) is 0 Å². The van der Waals surface area contributed by atoms with E-state index in [1.165, 1.54) is 0 Å². The predicted octanol–water partition coefficient (Wildman–Crippen LogP) is 1.33. The van der Waals surface area contributed by atoms with Crippen molar-refractivity contribution in [1.29, 1.82) is 0 Å². The Bertz CT molecular complexity index is 654. The summed E-state index contributed by atoms with van der Waals surface area (Å²) in [4.78, 5) is 50.5. The minimum atomic E-state index is -2.41. The number of amides is 1. The summed E-state index contributed by atoms with van der Waals surface area (Å²) in [6.45, 7) is 5.69. The van der Waals surface area contributed by atoms with Crippen molar-refractivity contribution in [1.82, 2.24) is 5.32 Å². The molecule has 27 heavy (non-hydrogen) atoms. The Kier molecular flexibility index (Phi) is 8.44. The maximum absolute atomic E-state index is 12.9. The second-order valence-corrected chi connectivity index (χ2v) is 5.53. The summed E-state index contributed by atoms with van der Waals surface area (Å²) in [6, 6.07) is 8.08. The summed E-state index contributed by atoms with van der Waals surface area (Å²) < 4.78 is 15.2. The van der Waals surface area contributed by atoms with Crippen molar-refractivity contribution >= 4 is 23.8 Å². The van der Waals surface area contributed by atoms with Gasteiger partial charge in [0.05, 0.1) is 19.8 Å². The van der Waals surface area contributed by atoms with E-state index in [0.29, 0.717) is 5.56 Å². The summed E-state index contributed by atoms with van der Waals surface area (Å²) in [5.41, 5.74) is -2.11. The van der Waals surface area contributed by atoms with E-state index >= 15 is 0 Å². The van der Waals surface area contributed by atoms with E-state index in [1.54, 1.807) is 51.1 Å². The molecule has 1 amide bonds. The summed E-state index contributed by atoms with van der Waals surface area (Å²) >= 11 is 0. The summed E-state index contributed by atoms with van der Waals surface area (Å²) in [5.74, 6) is -5.25. The summed E-state index contributed by atoms with van der Waals surface area (Å²) in [7, 11) is 0. The second kappa shape index (κ2) is 10.3. The van der Waals surface area contributed by atoms with Crippen LogP contribution in [0.1, 0.15) is 39.2 Å². The molecule has 0 aliphatic heterocycles. The minimum Gasteiger partial charge on any atom is -0.465 e. The molecule has 8 heteroatoms. The Morgan fingerprint density at radius 2 is 1.37 bits per heavy atom. The molecular weight excluding hydrogens is 354 g/mol. The van der Waals surface area contributed by atoms with Crippen LogP contribution in [0.4, 0.5) is 0 Å². The molecule has 1 N–H and O–H groups in total. The van der Waals surface area contributed by atoms with Gasteiger partial charge in [-0.25, -0.2) is 9.59 Å². The molecule has 1 atom stereocenters. The van der Waals surface area contributed by atoms with E-state index in [0.717, 1.165) is 6.92 Å². The van der Waals surface area contributed by atoms with Gasteiger partial charge in [0.25, 0.3) is 5.54 Å². The third kappa shape index (κ3) is 5.06. The smallest absolute Gasteiger partial charge is 0.345 e. The van der Waals surface area contributed by atoms with E-state index in [-0.39, 0.29) is 19.8 Å². The van der Waals surface area contributed by atoms with Gasteiger partial charge in [0.2, 0.25) is 5.91 Å². The van der Waals surface area contributed by atoms with E-state index in [1.807, 2.05) is 0 Å². The van der Waals surface area contributed by atoms with Crippen LogP contribution < -0.4 is 5.32 Å². The van der Waals surface area contributed by atoms with E-state index in [9.17, 15) is 19.2 Å². The molecule has 0 saturated carbocycles. The van der Waals surface area contributed by atoms with Gasteiger partial charge in [0, 0.05) is 6.92 Å². The Hall–Kier alpha value is -2.90. The molecule has 1 aromatic carbocycles. The monoisotopic (exact) mass is 379 g/mol. The van der Waals surface area contributed by atoms with Gasteiger partial charge in [-0.05, 0) is 26.3 Å². The van der Waals surface area contributed by atoms with Crippen LogP contribution in [0, 0.1) is 0 Å². The molecule has 0 fully saturated rings. The van der Waals surface area contributed by atoms with Crippen LogP contribution in [0.15, 0.2) is 30.3 Å². The van der Waals surface area contributed by atoms with Gasteiger partial charge < -0.3 is 19.5 Å². The highest BCUT2D eigenvalue weighted by Crippen LogP contribution is 2.33. The first kappa shape index (κ1) is 22.1. The van der Waals surface area contributed by atoms with Crippen LogP contribution in [0.25, 0.3) is 0 Å². The van der Waals surface area contributed by atoms with Crippen LogP contribution in [-0.2, 0) is 33.4 Å². The van der Waals surface area contributed by atoms with E-state index in [2.05, 4.69) is 5.32 Å². The average Bonchev–Trinajstić information content (AvgIpc) is 2.62. The highest BCUT2D eigenvalue weighted by molar-refractivity contribution is 6.12. The number of hydrogen-bond donors (Lipinski definition) is 1. The number of hydrogen-bond acceptors (Lipinski definition) is 7. The van der Waals surface area contributed by atoms with Gasteiger partial charge in [-0.15, -0.1) is 0 Å². The van der Waals surface area contributed by atoms with E-state index in [4.69, 9.17) is 14.2 Å². The fourth-order valence-corrected chi connectivity index (χ4v) is 2.69. The molecule has 1 rings (SSSR count). The molecule has 0 bridgehead atoms. The van der Waals surface area contributed by atoms with Crippen molar-refractivity contribution in [2.75, 3.05) is 19.8 Å². The molecule has 0 spiro atoms. The molecule has 0 saturated heterocycles. The highest BCUT2D eigenvalue weighted by Gasteiger charge is 2.60. The zero-order chi connectivity index (χ0) is 20.4. The zero-order valence-electron chi connectivity index (χ0n) is 15.9. The largest absolute Gasteiger partial charge is 0.465 e. The molecule has 1 unspecified atom stereocenters. The lowest BCUT2D eigenvalue weighted by Gasteiger charge is -2.35. The summed E-state index contributed by atoms with van der Waals surface area (Å²) in [5, 5.41) is 2.31. The second-order valence-electron chi connectivity index (χ2n) is 5.53. The van der Waals surface area contributed by atoms with Crippen LogP contribution >= 0.6 is 0 Å². The van der Waals surface area contributed by atoms with Crippen LogP contribution in [0.2, 0.25) is 0 Å². The molecule has 0 radical (unpaired) electrons. The lowest BCUT2D eigenvalue weighted by molar-refractivity contribution is -0.174. The first-order valence-electron chi connectivity index (χ1n) is 8.69. The van der Waals surface area contributed by atoms with Crippen molar-refractivity contribution in [3.8, 4) is 0 Å². The van der Waals surface area contributed by atoms with Crippen molar-refractivity contribution in [2.45, 2.75) is 39.2 Å². The van der Waals surface area contributed by atoms with Crippen molar-refractivity contribution in [2.24, 2.45) is 0 Å². The normalized spacial score (nSPS) is 11.9. The number of carbonyl (C=O) groups is 4. The lowest BCUT2D eigenvalue weighted by Crippen LogP contribution is -2.66. The Morgan fingerprint density at radius 3 is 1.78 bits per heavy atom. The van der Waals surface area contributed by atoms with Crippen LogP contribution in [-0.4, -0.2) is 49.2 Å². The number of rotatable bonds is 9. The first-order valence-corrected chi connectivity index (χ1v) is 8.69. The SMILES string of the molecule is CCOC(=O)C(c1ccccc1)C(NC(C)=O)(C(=O)OCC)C(=O)OCC. The maximum Gasteiger partial charge on any atom is 0.345 e. The topological polar surface area (TPSA) is 108 Å². The van der Waals surface area contributed by atoms with Gasteiger partial charge in [0.15, 0.2) is 0 Å². The molecule has 0 aliphatic carbocycles. The molecule has 1 aromatic rings. The standard InChI is InChI=1S/C19H25NO7/c1-5-25-16(22)15(14-11-9-8-10-12-14)19(20-13(4)21,17(23)26-6-2)18(24)27-7-3/h8-12,15H,5-7H2,1-4H3,(H,20,21). The van der Waals surface area contributed by atoms with Crippen molar-refractivity contribution in [3.05, 3.63) is 35.9 Å². The number of nitrogens with one attached hydrogen (secondary N) is 1. The zero-order valence-corrected chi connectivity index (χ0v) is 15.9. The fourth-order valence-electron chi connectivity index (χ4n) is 2.69. The fraction of sp³-hybridized carbons (Fsp3) is 0.474. The average molecular weight is 379 g/mol. The van der Waals surface area contributed by atoms with Gasteiger partial charge >= 0.3 is 17.9 Å². The number of benzene rings is 1. The molecule has 8 nitrogen and oxygen atoms in total. The van der Waals surface area contributed by atoms with Crippen LogP contribution in [0.5, 0.6) is 0 Å². The van der Waals surface area contributed by atoms with Crippen molar-refractivity contribution in [3.63, 3.8) is 0 Å². The molecule has 0 aliphatic rings. The van der Waals surface area contributed by atoms with Gasteiger partial charge in [-0.3, -0.25) is 9.59 Å². The Morgan fingerprint density at radius 1 is 0.889 bits per heavy atom. The van der Waals surface area contributed by atoms with Gasteiger partial charge in [0.1, 0.15) is 5.92 Å². The van der Waals surface area contributed by atoms with E-state index < -0.39 is 35.3 Å². The number of carbonyl (C=O) groups excluding carboxylic acids is 4. The maximum atomic E-state index is 12.9. The highest BCUT2D eigenvalue weighted by atomic mass is 16.6. The van der Waals surface area contributed by atoms with Crippen LogP contribution in [0.3, 0.4) is 0 Å². The van der Waals surface area contributed by atoms with Gasteiger partial charge in [-0.1, -0.05) is 30.3 Å². The third-order valence-corrected chi connectivity index (χ3v) is 3.66. The molecule has 0 aromatic heterocycles. The lowest BCUT2D eigenvalue weighted by atomic mass is 9.78. The first-order chi connectivity index (χ1) is 12.8. The number of esters is 3. The molecular formula is C19H25NO7. The molecule has 148 valence electrons.